The summed E-state index contributed by atoms with van der Waals surface area (Å²) >= 11 is 0. The summed E-state index contributed by atoms with van der Waals surface area (Å²) in [5, 5.41) is 12.4. The molecule has 1 aliphatic carbocycles. The quantitative estimate of drug-likeness (QED) is 0.702. The maximum Gasteiger partial charge on any atom is 0.337 e. The largest absolute Gasteiger partial charge is 0.478 e. The van der Waals surface area contributed by atoms with Crippen molar-refractivity contribution in [2.75, 3.05) is 11.1 Å². The van der Waals surface area contributed by atoms with Crippen molar-refractivity contribution in [1.29, 1.82) is 0 Å². The Kier molecular flexibility index (Phi) is 3.22. The highest BCUT2D eigenvalue weighted by molar-refractivity contribution is 5.95. The number of anilines is 2. The Morgan fingerprint density at radius 1 is 1.47 bits per heavy atom. The van der Waals surface area contributed by atoms with Crippen LogP contribution in [-0.2, 0) is 0 Å². The zero-order chi connectivity index (χ0) is 12.4. The molecule has 0 saturated heterocycles. The molecule has 4 nitrogen and oxygen atoms in total. The Hall–Kier alpha value is -1.71. The van der Waals surface area contributed by atoms with E-state index in [1.807, 2.05) is 0 Å². The minimum atomic E-state index is -0.918. The van der Waals surface area contributed by atoms with Crippen LogP contribution in [0.15, 0.2) is 18.2 Å². The van der Waals surface area contributed by atoms with Gasteiger partial charge >= 0.3 is 5.97 Å². The number of carbonyl (C=O) groups is 1. The lowest BCUT2D eigenvalue weighted by atomic mass is 10.1. The Morgan fingerprint density at radius 3 is 2.82 bits per heavy atom. The molecule has 0 heterocycles. The van der Waals surface area contributed by atoms with E-state index < -0.39 is 5.97 Å². The number of hydrogen-bond donors (Lipinski definition) is 3. The number of nitrogen functional groups attached to an aromatic ring is 1. The Balaban J connectivity index is 2.19. The van der Waals surface area contributed by atoms with Gasteiger partial charge in [0.1, 0.15) is 0 Å². The van der Waals surface area contributed by atoms with E-state index in [0.29, 0.717) is 28.9 Å². The maximum atomic E-state index is 11.1. The first-order valence-electron chi connectivity index (χ1n) is 5.95. The number of nitrogens with one attached hydrogen (secondary N) is 1. The number of rotatable bonds is 3. The second-order valence-electron chi connectivity index (χ2n) is 4.87. The summed E-state index contributed by atoms with van der Waals surface area (Å²) < 4.78 is 0. The summed E-state index contributed by atoms with van der Waals surface area (Å²) in [4.78, 5) is 11.1. The highest BCUT2D eigenvalue weighted by Gasteiger charge is 2.22. The number of hydrogen-bond acceptors (Lipinski definition) is 3. The molecule has 4 N–H and O–H groups in total. The molecule has 1 fully saturated rings. The van der Waals surface area contributed by atoms with Gasteiger partial charge in [-0.05, 0) is 43.4 Å². The van der Waals surface area contributed by atoms with Crippen LogP contribution in [0.1, 0.15) is 36.5 Å². The van der Waals surface area contributed by atoms with Crippen molar-refractivity contribution < 1.29 is 9.90 Å². The van der Waals surface area contributed by atoms with Crippen LogP contribution >= 0.6 is 0 Å². The van der Waals surface area contributed by atoms with E-state index >= 15 is 0 Å². The molecule has 17 heavy (non-hydrogen) atoms. The Labute approximate surface area is 101 Å². The normalized spacial score (nSPS) is 23.6. The van der Waals surface area contributed by atoms with Gasteiger partial charge in [-0.3, -0.25) is 0 Å². The van der Waals surface area contributed by atoms with Crippen molar-refractivity contribution >= 4 is 17.3 Å². The van der Waals surface area contributed by atoms with E-state index in [1.165, 1.54) is 6.42 Å². The minimum absolute atomic E-state index is 0.291. The Bertz CT molecular complexity index is 431. The molecule has 0 bridgehead atoms. The fraction of sp³-hybridized carbons (Fsp3) is 0.462. The van der Waals surface area contributed by atoms with Crippen LogP contribution in [0.5, 0.6) is 0 Å². The molecule has 0 spiro atoms. The van der Waals surface area contributed by atoms with E-state index in [-0.39, 0.29) is 0 Å². The lowest BCUT2D eigenvalue weighted by Crippen LogP contribution is -2.17. The van der Waals surface area contributed by atoms with Gasteiger partial charge in [-0.1, -0.05) is 6.92 Å². The van der Waals surface area contributed by atoms with Gasteiger partial charge in [-0.2, -0.15) is 0 Å². The molecule has 0 amide bonds. The third-order valence-corrected chi connectivity index (χ3v) is 3.33. The number of benzene rings is 1. The van der Waals surface area contributed by atoms with E-state index in [4.69, 9.17) is 10.8 Å². The number of nitrogens with two attached hydrogens (primary N) is 1. The fourth-order valence-electron chi connectivity index (χ4n) is 2.43. The third-order valence-electron chi connectivity index (χ3n) is 3.33. The first-order chi connectivity index (χ1) is 8.06. The summed E-state index contributed by atoms with van der Waals surface area (Å²) in [5.41, 5.74) is 7.21. The molecule has 92 valence electrons. The lowest BCUT2D eigenvalue weighted by molar-refractivity contribution is 0.0698. The molecule has 0 aliphatic heterocycles. The monoisotopic (exact) mass is 234 g/mol. The summed E-state index contributed by atoms with van der Waals surface area (Å²) in [6, 6.07) is 5.24. The van der Waals surface area contributed by atoms with Crippen molar-refractivity contribution in [3.05, 3.63) is 23.8 Å². The van der Waals surface area contributed by atoms with Crippen LogP contribution in [-0.4, -0.2) is 17.1 Å². The molecule has 0 radical (unpaired) electrons. The first kappa shape index (κ1) is 11.8. The van der Waals surface area contributed by atoms with Crippen molar-refractivity contribution in [2.24, 2.45) is 5.92 Å². The van der Waals surface area contributed by atoms with Crippen LogP contribution in [0.4, 0.5) is 11.4 Å². The van der Waals surface area contributed by atoms with E-state index in [0.717, 1.165) is 12.8 Å². The molecular weight excluding hydrogens is 216 g/mol. The second kappa shape index (κ2) is 4.65. The zero-order valence-electron chi connectivity index (χ0n) is 9.94. The molecule has 1 aliphatic rings. The molecule has 2 unspecified atom stereocenters. The van der Waals surface area contributed by atoms with Gasteiger partial charge in [0.05, 0.1) is 11.3 Å². The summed E-state index contributed by atoms with van der Waals surface area (Å²) in [5.74, 6) is -0.208. The fourth-order valence-corrected chi connectivity index (χ4v) is 2.43. The summed E-state index contributed by atoms with van der Waals surface area (Å²) in [7, 11) is 0. The van der Waals surface area contributed by atoms with Crippen molar-refractivity contribution in [3.63, 3.8) is 0 Å². The lowest BCUT2D eigenvalue weighted by Gasteiger charge is -2.16. The SMILES string of the molecule is CC1CCC(Nc2cc(N)ccc2C(=O)O)C1. The van der Waals surface area contributed by atoms with Crippen LogP contribution in [0, 0.1) is 5.92 Å². The number of carboxylic acid groups (broad SMARTS) is 1. The summed E-state index contributed by atoms with van der Waals surface area (Å²) in [6.45, 7) is 2.22. The maximum absolute atomic E-state index is 11.1. The standard InChI is InChI=1S/C13H18N2O2/c1-8-2-4-10(6-8)15-12-7-9(14)3-5-11(12)13(16)17/h3,5,7-8,10,15H,2,4,6,14H2,1H3,(H,16,17). The highest BCUT2D eigenvalue weighted by atomic mass is 16.4. The van der Waals surface area contributed by atoms with E-state index in [2.05, 4.69) is 12.2 Å². The predicted octanol–water partition coefficient (Wildman–Crippen LogP) is 2.57. The van der Waals surface area contributed by atoms with Crippen molar-refractivity contribution in [2.45, 2.75) is 32.2 Å². The number of carboxylic acids is 1. The molecule has 2 atom stereocenters. The van der Waals surface area contributed by atoms with E-state index in [1.54, 1.807) is 18.2 Å². The van der Waals surface area contributed by atoms with Crippen LogP contribution in [0.2, 0.25) is 0 Å². The average Bonchev–Trinajstić information content (AvgIpc) is 2.63. The molecule has 4 heteroatoms. The molecule has 1 aromatic carbocycles. The predicted molar refractivity (Wildman–Crippen MR) is 68.2 cm³/mol. The molecule has 0 aromatic heterocycles. The van der Waals surface area contributed by atoms with Gasteiger partial charge in [0.25, 0.3) is 0 Å². The van der Waals surface area contributed by atoms with Gasteiger partial charge in [0.2, 0.25) is 0 Å². The van der Waals surface area contributed by atoms with Gasteiger partial charge in [0, 0.05) is 11.7 Å². The van der Waals surface area contributed by atoms with E-state index in [9.17, 15) is 4.79 Å². The van der Waals surface area contributed by atoms with Gasteiger partial charge in [-0.15, -0.1) is 0 Å². The average molecular weight is 234 g/mol. The topological polar surface area (TPSA) is 75.3 Å². The van der Waals surface area contributed by atoms with Gasteiger partial charge in [0.15, 0.2) is 0 Å². The molecule has 1 aromatic rings. The Morgan fingerprint density at radius 2 is 2.24 bits per heavy atom. The van der Waals surface area contributed by atoms with Crippen LogP contribution in [0.25, 0.3) is 0 Å². The van der Waals surface area contributed by atoms with Crippen LogP contribution < -0.4 is 11.1 Å². The molecule has 2 rings (SSSR count). The van der Waals surface area contributed by atoms with Gasteiger partial charge in [-0.25, -0.2) is 4.79 Å². The van der Waals surface area contributed by atoms with Crippen LogP contribution in [0.3, 0.4) is 0 Å². The molecule has 1 saturated carbocycles. The first-order valence-corrected chi connectivity index (χ1v) is 5.95. The van der Waals surface area contributed by atoms with Gasteiger partial charge < -0.3 is 16.2 Å². The smallest absolute Gasteiger partial charge is 0.337 e. The highest BCUT2D eigenvalue weighted by Crippen LogP contribution is 2.29. The second-order valence-corrected chi connectivity index (χ2v) is 4.87. The van der Waals surface area contributed by atoms with Crippen molar-refractivity contribution in [3.8, 4) is 0 Å². The molecular formula is C13H18N2O2. The van der Waals surface area contributed by atoms with Crippen molar-refractivity contribution in [1.82, 2.24) is 0 Å². The third kappa shape index (κ3) is 2.70. The summed E-state index contributed by atoms with van der Waals surface area (Å²) in [6.07, 6.45) is 3.38. The zero-order valence-corrected chi connectivity index (χ0v) is 9.94. The number of aromatic carboxylic acids is 1. The minimum Gasteiger partial charge on any atom is -0.478 e.